The molecule has 1 aliphatic rings. The van der Waals surface area contributed by atoms with Crippen LogP contribution in [-0.4, -0.2) is 23.9 Å². The van der Waals surface area contributed by atoms with E-state index in [1.807, 2.05) is 47.4 Å². The van der Waals surface area contributed by atoms with Gasteiger partial charge < -0.3 is 4.90 Å². The molecule has 1 aromatic heterocycles. The molecule has 25 heavy (non-hydrogen) atoms. The van der Waals surface area contributed by atoms with Crippen LogP contribution >= 0.6 is 11.3 Å². The number of amides is 1. The summed E-state index contributed by atoms with van der Waals surface area (Å²) in [7, 11) is 0. The van der Waals surface area contributed by atoms with Gasteiger partial charge in [-0.15, -0.1) is 0 Å². The fourth-order valence-electron chi connectivity index (χ4n) is 3.54. The number of thiophene rings is 1. The highest BCUT2D eigenvalue weighted by atomic mass is 32.1. The van der Waals surface area contributed by atoms with Gasteiger partial charge in [0.1, 0.15) is 0 Å². The van der Waals surface area contributed by atoms with Crippen molar-refractivity contribution >= 4 is 17.2 Å². The maximum atomic E-state index is 12.8. The first kappa shape index (κ1) is 16.1. The Morgan fingerprint density at radius 3 is 2.20 bits per heavy atom. The molecule has 0 spiro atoms. The number of hydrogen-bond donors (Lipinski definition) is 0. The standard InChI is InChI=1S/C22H21NOS/c24-22(23-13-10-19(11-14-23)21-12-15-25-16-21)20-8-6-18(7-9-20)17-4-2-1-3-5-17/h1-9,12,15-16,19H,10-11,13-14H2. The molecule has 0 bridgehead atoms. The zero-order valence-corrected chi connectivity index (χ0v) is 14.9. The Hall–Kier alpha value is -2.39. The molecule has 4 rings (SSSR count). The minimum atomic E-state index is 0.156. The summed E-state index contributed by atoms with van der Waals surface area (Å²) >= 11 is 1.76. The molecule has 0 unspecified atom stereocenters. The molecule has 1 fully saturated rings. The number of nitrogens with zero attached hydrogens (tertiary/aromatic N) is 1. The first-order chi connectivity index (χ1) is 12.3. The first-order valence-electron chi connectivity index (χ1n) is 8.78. The lowest BCUT2D eigenvalue weighted by molar-refractivity contribution is 0.0713. The molecule has 2 heterocycles. The zero-order chi connectivity index (χ0) is 17.1. The van der Waals surface area contributed by atoms with Crippen LogP contribution in [0.15, 0.2) is 71.4 Å². The zero-order valence-electron chi connectivity index (χ0n) is 14.1. The summed E-state index contributed by atoms with van der Waals surface area (Å²) < 4.78 is 0. The SMILES string of the molecule is O=C(c1ccc(-c2ccccc2)cc1)N1CCC(c2ccsc2)CC1. The van der Waals surface area contributed by atoms with Crippen LogP contribution in [0.5, 0.6) is 0 Å². The third-order valence-electron chi connectivity index (χ3n) is 5.04. The van der Waals surface area contributed by atoms with E-state index in [0.29, 0.717) is 5.92 Å². The number of rotatable bonds is 3. The van der Waals surface area contributed by atoms with Crippen molar-refractivity contribution in [3.05, 3.63) is 82.6 Å². The van der Waals surface area contributed by atoms with E-state index in [0.717, 1.165) is 37.1 Å². The van der Waals surface area contributed by atoms with Crippen molar-refractivity contribution in [2.24, 2.45) is 0 Å². The Morgan fingerprint density at radius 1 is 0.880 bits per heavy atom. The van der Waals surface area contributed by atoms with Crippen LogP contribution in [0.4, 0.5) is 0 Å². The molecule has 2 aromatic carbocycles. The van der Waals surface area contributed by atoms with Gasteiger partial charge in [-0.3, -0.25) is 4.79 Å². The van der Waals surface area contributed by atoms with E-state index >= 15 is 0 Å². The molecule has 2 nitrogen and oxygen atoms in total. The molecule has 1 amide bonds. The van der Waals surface area contributed by atoms with Crippen LogP contribution < -0.4 is 0 Å². The third-order valence-corrected chi connectivity index (χ3v) is 5.74. The Labute approximate surface area is 152 Å². The monoisotopic (exact) mass is 347 g/mol. The largest absolute Gasteiger partial charge is 0.339 e. The number of carbonyl (C=O) groups excluding carboxylic acids is 1. The highest BCUT2D eigenvalue weighted by Crippen LogP contribution is 2.30. The lowest BCUT2D eigenvalue weighted by Crippen LogP contribution is -2.37. The Balaban J connectivity index is 1.41. The summed E-state index contributed by atoms with van der Waals surface area (Å²) in [6, 6.07) is 20.5. The van der Waals surface area contributed by atoms with Crippen molar-refractivity contribution in [3.63, 3.8) is 0 Å². The Kier molecular flexibility index (Phi) is 4.66. The van der Waals surface area contributed by atoms with Crippen molar-refractivity contribution in [2.75, 3.05) is 13.1 Å². The second-order valence-corrected chi connectivity index (χ2v) is 7.35. The quantitative estimate of drug-likeness (QED) is 0.618. The van der Waals surface area contributed by atoms with Crippen molar-refractivity contribution in [1.29, 1.82) is 0 Å². The Morgan fingerprint density at radius 2 is 1.56 bits per heavy atom. The van der Waals surface area contributed by atoms with E-state index < -0.39 is 0 Å². The summed E-state index contributed by atoms with van der Waals surface area (Å²) in [6.07, 6.45) is 2.12. The van der Waals surface area contributed by atoms with Gasteiger partial charge in [0, 0.05) is 18.7 Å². The summed E-state index contributed by atoms with van der Waals surface area (Å²) in [5.41, 5.74) is 4.55. The molecule has 0 atom stereocenters. The first-order valence-corrected chi connectivity index (χ1v) is 9.72. The summed E-state index contributed by atoms with van der Waals surface area (Å²) in [4.78, 5) is 14.8. The fraction of sp³-hybridized carbons (Fsp3) is 0.227. The molecular weight excluding hydrogens is 326 g/mol. The van der Waals surface area contributed by atoms with Gasteiger partial charge in [-0.2, -0.15) is 11.3 Å². The molecule has 126 valence electrons. The molecule has 1 saturated heterocycles. The molecule has 3 heteroatoms. The van der Waals surface area contributed by atoms with Crippen molar-refractivity contribution in [1.82, 2.24) is 4.90 Å². The number of carbonyl (C=O) groups is 1. The molecule has 0 aliphatic carbocycles. The minimum Gasteiger partial charge on any atom is -0.339 e. The van der Waals surface area contributed by atoms with Crippen molar-refractivity contribution in [2.45, 2.75) is 18.8 Å². The highest BCUT2D eigenvalue weighted by Gasteiger charge is 2.24. The smallest absolute Gasteiger partial charge is 0.253 e. The van der Waals surface area contributed by atoms with E-state index in [1.54, 1.807) is 11.3 Å². The van der Waals surface area contributed by atoms with Crippen LogP contribution in [0.2, 0.25) is 0 Å². The number of benzene rings is 2. The number of piperidine rings is 1. The van der Waals surface area contributed by atoms with Gasteiger partial charge in [-0.05, 0) is 64.4 Å². The predicted molar refractivity (Wildman–Crippen MR) is 104 cm³/mol. The topological polar surface area (TPSA) is 20.3 Å². The van der Waals surface area contributed by atoms with Crippen LogP contribution in [-0.2, 0) is 0 Å². The molecule has 3 aromatic rings. The second-order valence-electron chi connectivity index (χ2n) is 6.57. The average molecular weight is 347 g/mol. The lowest BCUT2D eigenvalue weighted by atomic mass is 9.91. The third kappa shape index (κ3) is 3.52. The molecule has 1 aliphatic heterocycles. The lowest BCUT2D eigenvalue weighted by Gasteiger charge is -2.32. The van der Waals surface area contributed by atoms with Crippen molar-refractivity contribution in [3.8, 4) is 11.1 Å². The van der Waals surface area contributed by atoms with Crippen molar-refractivity contribution < 1.29 is 4.79 Å². The van der Waals surface area contributed by atoms with Crippen LogP contribution in [0.1, 0.15) is 34.7 Å². The van der Waals surface area contributed by atoms with E-state index in [9.17, 15) is 4.79 Å². The van der Waals surface area contributed by atoms with E-state index in [1.165, 1.54) is 11.1 Å². The maximum Gasteiger partial charge on any atom is 0.253 e. The van der Waals surface area contributed by atoms with Gasteiger partial charge in [0.05, 0.1) is 0 Å². The number of hydrogen-bond acceptors (Lipinski definition) is 2. The Bertz CT molecular complexity index is 816. The van der Waals surface area contributed by atoms with Gasteiger partial charge >= 0.3 is 0 Å². The number of likely N-dealkylation sites (tertiary alicyclic amines) is 1. The highest BCUT2D eigenvalue weighted by molar-refractivity contribution is 7.07. The van der Waals surface area contributed by atoms with E-state index in [2.05, 4.69) is 29.0 Å². The van der Waals surface area contributed by atoms with Gasteiger partial charge in [0.2, 0.25) is 0 Å². The van der Waals surface area contributed by atoms with E-state index in [4.69, 9.17) is 0 Å². The summed E-state index contributed by atoms with van der Waals surface area (Å²) in [5.74, 6) is 0.763. The van der Waals surface area contributed by atoms with Gasteiger partial charge in [0.25, 0.3) is 5.91 Å². The summed E-state index contributed by atoms with van der Waals surface area (Å²) in [6.45, 7) is 1.69. The van der Waals surface area contributed by atoms with Crippen LogP contribution in [0.3, 0.4) is 0 Å². The second kappa shape index (κ2) is 7.24. The average Bonchev–Trinajstić information content (AvgIpc) is 3.23. The van der Waals surface area contributed by atoms with Crippen LogP contribution in [0, 0.1) is 0 Å². The molecule has 0 saturated carbocycles. The predicted octanol–water partition coefficient (Wildman–Crippen LogP) is 5.43. The fourth-order valence-corrected chi connectivity index (χ4v) is 4.28. The van der Waals surface area contributed by atoms with Gasteiger partial charge in [0.15, 0.2) is 0 Å². The van der Waals surface area contributed by atoms with E-state index in [-0.39, 0.29) is 5.91 Å². The molecule has 0 N–H and O–H groups in total. The normalized spacial score (nSPS) is 15.3. The maximum absolute atomic E-state index is 12.8. The summed E-state index contributed by atoms with van der Waals surface area (Å²) in [5, 5.41) is 4.38. The van der Waals surface area contributed by atoms with Gasteiger partial charge in [-0.1, -0.05) is 42.5 Å². The molecule has 0 radical (unpaired) electrons. The van der Waals surface area contributed by atoms with Gasteiger partial charge in [-0.25, -0.2) is 0 Å². The minimum absolute atomic E-state index is 0.156. The van der Waals surface area contributed by atoms with Crippen LogP contribution in [0.25, 0.3) is 11.1 Å². The molecular formula is C22H21NOS.